The molecule has 2 aromatic carbocycles. The predicted molar refractivity (Wildman–Crippen MR) is 102 cm³/mol. The van der Waals surface area contributed by atoms with Crippen LogP contribution < -0.4 is 5.32 Å². The van der Waals surface area contributed by atoms with Crippen LogP contribution in [0, 0.1) is 0 Å². The van der Waals surface area contributed by atoms with Gasteiger partial charge < -0.3 is 10.4 Å². The van der Waals surface area contributed by atoms with Gasteiger partial charge in [0.1, 0.15) is 0 Å². The molecule has 1 fully saturated rings. The molecular weight excluding hydrogens is 366 g/mol. The zero-order chi connectivity index (χ0) is 19.4. The highest BCUT2D eigenvalue weighted by molar-refractivity contribution is 7.92. The van der Waals surface area contributed by atoms with Crippen LogP contribution in [0.2, 0.25) is 0 Å². The van der Waals surface area contributed by atoms with Gasteiger partial charge in [-0.2, -0.15) is 0 Å². The van der Waals surface area contributed by atoms with Gasteiger partial charge >= 0.3 is 5.97 Å². The maximum atomic E-state index is 12.6. The fourth-order valence-electron chi connectivity index (χ4n) is 3.32. The number of hydrogen-bond donors (Lipinski definition) is 2. The fourth-order valence-corrected chi connectivity index (χ4v) is 5.18. The molecule has 7 heteroatoms. The molecule has 0 atom stereocenters. The van der Waals surface area contributed by atoms with E-state index in [1.165, 1.54) is 24.3 Å². The van der Waals surface area contributed by atoms with Crippen LogP contribution >= 0.6 is 0 Å². The Morgan fingerprint density at radius 3 is 2.33 bits per heavy atom. The molecule has 0 unspecified atom stereocenters. The molecule has 0 saturated heterocycles. The predicted octanol–water partition coefficient (Wildman–Crippen LogP) is 3.28. The Bertz CT molecular complexity index is 945. The topological polar surface area (TPSA) is 101 Å². The molecule has 0 radical (unpaired) electrons. The third kappa shape index (κ3) is 4.54. The number of carboxylic acid groups (broad SMARTS) is 1. The third-order valence-corrected chi connectivity index (χ3v) is 7.00. The van der Waals surface area contributed by atoms with Gasteiger partial charge in [-0.05, 0) is 54.8 Å². The monoisotopic (exact) mass is 387 g/mol. The number of sulfone groups is 1. The first-order chi connectivity index (χ1) is 12.9. The number of benzene rings is 2. The Balaban J connectivity index is 1.72. The summed E-state index contributed by atoms with van der Waals surface area (Å²) in [6.07, 6.45) is 3.13. The summed E-state index contributed by atoms with van der Waals surface area (Å²) in [5, 5.41) is 11.2. The van der Waals surface area contributed by atoms with E-state index in [1.807, 2.05) is 0 Å². The summed E-state index contributed by atoms with van der Waals surface area (Å²) in [6, 6.07) is 12.6. The molecule has 1 amide bonds. The minimum Gasteiger partial charge on any atom is -0.481 e. The van der Waals surface area contributed by atoms with E-state index >= 15 is 0 Å². The highest BCUT2D eigenvalue weighted by Gasteiger charge is 2.30. The van der Waals surface area contributed by atoms with E-state index in [1.54, 1.807) is 24.3 Å². The Kier molecular flexibility index (Phi) is 5.60. The van der Waals surface area contributed by atoms with Crippen molar-refractivity contribution < 1.29 is 23.1 Å². The van der Waals surface area contributed by atoms with Crippen LogP contribution in [0.4, 0.5) is 5.69 Å². The number of hydrogen-bond acceptors (Lipinski definition) is 4. The highest BCUT2D eigenvalue weighted by atomic mass is 32.2. The average molecular weight is 387 g/mol. The van der Waals surface area contributed by atoms with Crippen LogP contribution in [0.25, 0.3) is 0 Å². The highest BCUT2D eigenvalue weighted by Crippen LogP contribution is 2.29. The van der Waals surface area contributed by atoms with Crippen molar-refractivity contribution in [2.75, 3.05) is 5.32 Å². The summed E-state index contributed by atoms with van der Waals surface area (Å²) in [5.41, 5.74) is 1.41. The minimum atomic E-state index is -3.34. The van der Waals surface area contributed by atoms with Crippen LogP contribution in [0.1, 0.15) is 41.6 Å². The SMILES string of the molecule is O=C(O)Cc1cccc(NC(=O)c2ccc(S(=O)(=O)C3CCCC3)cc2)c1. The number of carbonyl (C=O) groups excluding carboxylic acids is 1. The standard InChI is InChI=1S/C20H21NO5S/c22-19(23)13-14-4-3-5-16(12-14)21-20(24)15-8-10-18(11-9-15)27(25,26)17-6-1-2-7-17/h3-5,8-12,17H,1-2,6-7,13H2,(H,21,24)(H,22,23). The van der Waals surface area contributed by atoms with E-state index in [2.05, 4.69) is 5.32 Å². The lowest BCUT2D eigenvalue weighted by Crippen LogP contribution is -2.18. The first-order valence-corrected chi connectivity index (χ1v) is 10.4. The van der Waals surface area contributed by atoms with E-state index in [0.717, 1.165) is 12.8 Å². The zero-order valence-electron chi connectivity index (χ0n) is 14.7. The number of carbonyl (C=O) groups is 2. The molecule has 0 heterocycles. The van der Waals surface area contributed by atoms with Gasteiger partial charge in [0.15, 0.2) is 9.84 Å². The molecule has 1 saturated carbocycles. The third-order valence-electron chi connectivity index (χ3n) is 4.73. The molecule has 2 N–H and O–H groups in total. The zero-order valence-corrected chi connectivity index (χ0v) is 15.5. The molecule has 0 spiro atoms. The van der Waals surface area contributed by atoms with Crippen LogP contribution in [0.15, 0.2) is 53.4 Å². The van der Waals surface area contributed by atoms with E-state index in [-0.39, 0.29) is 22.5 Å². The summed E-state index contributed by atoms with van der Waals surface area (Å²) in [5.74, 6) is -1.33. The number of carboxylic acids is 1. The van der Waals surface area contributed by atoms with Crippen LogP contribution in [0.5, 0.6) is 0 Å². The summed E-state index contributed by atoms with van der Waals surface area (Å²) in [7, 11) is -3.34. The number of aliphatic carboxylic acids is 1. The van der Waals surface area contributed by atoms with Crippen molar-refractivity contribution in [2.24, 2.45) is 0 Å². The second-order valence-electron chi connectivity index (χ2n) is 6.70. The van der Waals surface area contributed by atoms with Gasteiger partial charge in [0.25, 0.3) is 5.91 Å². The molecule has 6 nitrogen and oxygen atoms in total. The van der Waals surface area contributed by atoms with E-state index in [4.69, 9.17) is 5.11 Å². The Morgan fingerprint density at radius 2 is 1.70 bits per heavy atom. The number of amides is 1. The van der Waals surface area contributed by atoms with E-state index < -0.39 is 15.8 Å². The lowest BCUT2D eigenvalue weighted by Gasteiger charge is -2.12. The quantitative estimate of drug-likeness (QED) is 0.792. The van der Waals surface area contributed by atoms with Crippen molar-refractivity contribution in [2.45, 2.75) is 42.2 Å². The maximum Gasteiger partial charge on any atom is 0.307 e. The van der Waals surface area contributed by atoms with Crippen molar-refractivity contribution in [1.29, 1.82) is 0 Å². The molecule has 27 heavy (non-hydrogen) atoms. The second kappa shape index (κ2) is 7.92. The summed E-state index contributed by atoms with van der Waals surface area (Å²) < 4.78 is 25.2. The smallest absolute Gasteiger partial charge is 0.307 e. The lowest BCUT2D eigenvalue weighted by atomic mass is 10.1. The fraction of sp³-hybridized carbons (Fsp3) is 0.300. The van der Waals surface area contributed by atoms with Crippen molar-refractivity contribution in [1.82, 2.24) is 0 Å². The van der Waals surface area contributed by atoms with Crippen LogP contribution in [-0.2, 0) is 21.1 Å². The Hall–Kier alpha value is -2.67. The average Bonchev–Trinajstić information content (AvgIpc) is 3.17. The van der Waals surface area contributed by atoms with Crippen LogP contribution in [0.3, 0.4) is 0 Å². The molecule has 0 bridgehead atoms. The Labute approximate surface area is 158 Å². The van der Waals surface area contributed by atoms with E-state index in [9.17, 15) is 18.0 Å². The van der Waals surface area contributed by atoms with Gasteiger partial charge in [0, 0.05) is 11.3 Å². The molecule has 142 valence electrons. The molecule has 1 aliphatic rings. The molecular formula is C20H21NO5S. The molecule has 2 aromatic rings. The van der Waals surface area contributed by atoms with Crippen molar-refractivity contribution in [3.63, 3.8) is 0 Å². The molecule has 0 aliphatic heterocycles. The first-order valence-electron chi connectivity index (χ1n) is 8.82. The van der Waals surface area contributed by atoms with Gasteiger partial charge in [0.2, 0.25) is 0 Å². The van der Waals surface area contributed by atoms with Gasteiger partial charge in [-0.3, -0.25) is 9.59 Å². The lowest BCUT2D eigenvalue weighted by molar-refractivity contribution is -0.136. The van der Waals surface area contributed by atoms with Gasteiger partial charge in [-0.25, -0.2) is 8.42 Å². The molecule has 1 aliphatic carbocycles. The summed E-state index contributed by atoms with van der Waals surface area (Å²) in [6.45, 7) is 0. The van der Waals surface area contributed by atoms with Gasteiger partial charge in [-0.15, -0.1) is 0 Å². The number of anilines is 1. The first kappa shape index (κ1) is 19.1. The number of rotatable bonds is 6. The van der Waals surface area contributed by atoms with Gasteiger partial charge in [-0.1, -0.05) is 25.0 Å². The largest absolute Gasteiger partial charge is 0.481 e. The van der Waals surface area contributed by atoms with Gasteiger partial charge in [0.05, 0.1) is 16.6 Å². The summed E-state index contributed by atoms with van der Waals surface area (Å²) in [4.78, 5) is 23.4. The van der Waals surface area contributed by atoms with Crippen molar-refractivity contribution >= 4 is 27.4 Å². The minimum absolute atomic E-state index is 0.128. The van der Waals surface area contributed by atoms with Crippen LogP contribution in [-0.4, -0.2) is 30.7 Å². The Morgan fingerprint density at radius 1 is 1.04 bits per heavy atom. The van der Waals surface area contributed by atoms with E-state index in [0.29, 0.717) is 29.7 Å². The van der Waals surface area contributed by atoms with Crippen molar-refractivity contribution in [3.05, 3.63) is 59.7 Å². The molecule has 3 rings (SSSR count). The second-order valence-corrected chi connectivity index (χ2v) is 8.93. The number of nitrogens with one attached hydrogen (secondary N) is 1. The maximum absolute atomic E-state index is 12.6. The molecule has 0 aromatic heterocycles. The summed E-state index contributed by atoms with van der Waals surface area (Å²) >= 11 is 0. The van der Waals surface area contributed by atoms with Crippen molar-refractivity contribution in [3.8, 4) is 0 Å². The normalized spacial score (nSPS) is 14.8.